The highest BCUT2D eigenvalue weighted by Crippen LogP contribution is 2.20. The van der Waals surface area contributed by atoms with Gasteiger partial charge in [0.25, 0.3) is 0 Å². The summed E-state index contributed by atoms with van der Waals surface area (Å²) in [6, 6.07) is 0. The molecule has 0 radical (unpaired) electrons. The number of carbonyl (C=O) groups excluding carboxylic acids is 1. The summed E-state index contributed by atoms with van der Waals surface area (Å²) < 4.78 is 5.21. The van der Waals surface area contributed by atoms with Gasteiger partial charge in [-0.15, -0.1) is 0 Å². The van der Waals surface area contributed by atoms with Crippen LogP contribution >= 0.6 is 0 Å². The summed E-state index contributed by atoms with van der Waals surface area (Å²) in [5.74, 6) is -0.108. The molecule has 70 valence electrons. The molecule has 0 aliphatic heterocycles. The van der Waals surface area contributed by atoms with Crippen LogP contribution in [-0.2, 0) is 9.53 Å². The van der Waals surface area contributed by atoms with Crippen LogP contribution in [0.1, 0.15) is 32.6 Å². The fraction of sp³-hybridized carbons (Fsp3) is 0.889. The number of nitrogens with one attached hydrogen (secondary N) is 1. The van der Waals surface area contributed by atoms with E-state index in [0.29, 0.717) is 6.54 Å². The zero-order valence-electron chi connectivity index (χ0n) is 7.64. The van der Waals surface area contributed by atoms with E-state index in [9.17, 15) is 4.79 Å². The zero-order chi connectivity index (χ0) is 8.81. The molecule has 1 N–H and O–H groups in total. The number of carbonyl (C=O) groups is 1. The first-order chi connectivity index (χ1) is 5.83. The summed E-state index contributed by atoms with van der Waals surface area (Å²) in [6.07, 6.45) is 4.73. The highest BCUT2D eigenvalue weighted by atomic mass is 16.5. The molecule has 0 aromatic heterocycles. The highest BCUT2D eigenvalue weighted by Gasteiger charge is 2.18. The molecule has 0 saturated heterocycles. The van der Waals surface area contributed by atoms with Crippen molar-refractivity contribution < 1.29 is 9.53 Å². The van der Waals surface area contributed by atoms with Crippen molar-refractivity contribution in [3.8, 4) is 0 Å². The van der Waals surface area contributed by atoms with Gasteiger partial charge in [0.05, 0.1) is 6.54 Å². The summed E-state index contributed by atoms with van der Waals surface area (Å²) in [5, 5.41) is 2.95. The molecular weight excluding hydrogens is 154 g/mol. The standard InChI is InChI=1S/C9H17NO2/c1-2-10-7-9(11)12-8-5-3-4-6-8/h8,10H,2-7H2,1H3. The van der Waals surface area contributed by atoms with Crippen molar-refractivity contribution in [3.63, 3.8) is 0 Å². The van der Waals surface area contributed by atoms with Gasteiger partial charge in [0.15, 0.2) is 0 Å². The van der Waals surface area contributed by atoms with Gasteiger partial charge in [0.2, 0.25) is 0 Å². The molecular formula is C9H17NO2. The first-order valence-corrected chi connectivity index (χ1v) is 4.73. The molecule has 0 atom stereocenters. The Labute approximate surface area is 73.5 Å². The molecule has 1 aliphatic carbocycles. The number of likely N-dealkylation sites (N-methyl/N-ethyl adjacent to an activating group) is 1. The Hall–Kier alpha value is -0.570. The lowest BCUT2D eigenvalue weighted by molar-refractivity contribution is -0.147. The van der Waals surface area contributed by atoms with Crippen LogP contribution in [0.15, 0.2) is 0 Å². The fourth-order valence-electron chi connectivity index (χ4n) is 1.46. The quantitative estimate of drug-likeness (QED) is 0.643. The molecule has 12 heavy (non-hydrogen) atoms. The third kappa shape index (κ3) is 3.22. The van der Waals surface area contributed by atoms with E-state index in [-0.39, 0.29) is 12.1 Å². The van der Waals surface area contributed by atoms with Crippen molar-refractivity contribution in [3.05, 3.63) is 0 Å². The molecule has 1 saturated carbocycles. The lowest BCUT2D eigenvalue weighted by atomic mass is 10.3. The zero-order valence-corrected chi connectivity index (χ0v) is 7.64. The van der Waals surface area contributed by atoms with Gasteiger partial charge in [0, 0.05) is 0 Å². The first kappa shape index (κ1) is 9.52. The van der Waals surface area contributed by atoms with Crippen LogP contribution < -0.4 is 5.32 Å². The van der Waals surface area contributed by atoms with Gasteiger partial charge < -0.3 is 10.1 Å². The molecule has 0 aromatic rings. The monoisotopic (exact) mass is 171 g/mol. The second-order valence-electron chi connectivity index (χ2n) is 3.18. The minimum absolute atomic E-state index is 0.108. The summed E-state index contributed by atoms with van der Waals surface area (Å²) in [4.78, 5) is 11.1. The second-order valence-corrected chi connectivity index (χ2v) is 3.18. The third-order valence-electron chi connectivity index (χ3n) is 2.12. The van der Waals surface area contributed by atoms with Crippen LogP contribution in [0.5, 0.6) is 0 Å². The molecule has 0 heterocycles. The van der Waals surface area contributed by atoms with Crippen molar-refractivity contribution >= 4 is 5.97 Å². The molecule has 1 aliphatic rings. The average Bonchev–Trinajstić information content (AvgIpc) is 2.53. The van der Waals surface area contributed by atoms with E-state index in [1.54, 1.807) is 0 Å². The predicted molar refractivity (Wildman–Crippen MR) is 46.9 cm³/mol. The van der Waals surface area contributed by atoms with Crippen LogP contribution in [0.3, 0.4) is 0 Å². The first-order valence-electron chi connectivity index (χ1n) is 4.73. The van der Waals surface area contributed by atoms with Gasteiger partial charge in [-0.1, -0.05) is 6.92 Å². The molecule has 1 fully saturated rings. The summed E-state index contributed by atoms with van der Waals surface area (Å²) >= 11 is 0. The largest absolute Gasteiger partial charge is 0.461 e. The number of rotatable bonds is 4. The lowest BCUT2D eigenvalue weighted by Gasteiger charge is -2.10. The van der Waals surface area contributed by atoms with E-state index < -0.39 is 0 Å². The van der Waals surface area contributed by atoms with Crippen LogP contribution in [0.4, 0.5) is 0 Å². The van der Waals surface area contributed by atoms with Gasteiger partial charge in [-0.05, 0) is 32.2 Å². The van der Waals surface area contributed by atoms with Crippen molar-refractivity contribution in [2.24, 2.45) is 0 Å². The predicted octanol–water partition coefficient (Wildman–Crippen LogP) is 1.08. The number of hydrogen-bond donors (Lipinski definition) is 1. The fourth-order valence-corrected chi connectivity index (χ4v) is 1.46. The van der Waals surface area contributed by atoms with Gasteiger partial charge in [0.1, 0.15) is 6.10 Å². The van der Waals surface area contributed by atoms with E-state index >= 15 is 0 Å². The summed E-state index contributed by atoms with van der Waals surface area (Å²) in [7, 11) is 0. The number of hydrogen-bond acceptors (Lipinski definition) is 3. The molecule has 0 bridgehead atoms. The van der Waals surface area contributed by atoms with E-state index in [4.69, 9.17) is 4.74 Å². The topological polar surface area (TPSA) is 38.3 Å². The summed E-state index contributed by atoms with van der Waals surface area (Å²) in [6.45, 7) is 3.15. The molecule has 0 unspecified atom stereocenters. The van der Waals surface area contributed by atoms with E-state index in [1.165, 1.54) is 12.8 Å². The van der Waals surface area contributed by atoms with Crippen LogP contribution in [-0.4, -0.2) is 25.2 Å². The van der Waals surface area contributed by atoms with Crippen LogP contribution in [0, 0.1) is 0 Å². The van der Waals surface area contributed by atoms with E-state index in [2.05, 4.69) is 5.32 Å². The number of ether oxygens (including phenoxy) is 1. The van der Waals surface area contributed by atoms with Gasteiger partial charge in [-0.3, -0.25) is 4.79 Å². The molecule has 0 amide bonds. The van der Waals surface area contributed by atoms with Crippen molar-refractivity contribution in [1.82, 2.24) is 5.32 Å². The van der Waals surface area contributed by atoms with Crippen LogP contribution in [0.2, 0.25) is 0 Å². The second kappa shape index (κ2) is 5.14. The maximum atomic E-state index is 11.1. The maximum absolute atomic E-state index is 11.1. The Balaban J connectivity index is 2.08. The minimum Gasteiger partial charge on any atom is -0.461 e. The smallest absolute Gasteiger partial charge is 0.320 e. The van der Waals surface area contributed by atoms with Crippen molar-refractivity contribution in [2.45, 2.75) is 38.7 Å². The summed E-state index contributed by atoms with van der Waals surface area (Å²) in [5.41, 5.74) is 0. The molecule has 0 aromatic carbocycles. The Kier molecular flexibility index (Phi) is 4.08. The molecule has 1 rings (SSSR count). The highest BCUT2D eigenvalue weighted by molar-refractivity contribution is 5.71. The normalized spacial score (nSPS) is 18.1. The van der Waals surface area contributed by atoms with Gasteiger partial charge in [-0.25, -0.2) is 0 Å². The average molecular weight is 171 g/mol. The maximum Gasteiger partial charge on any atom is 0.320 e. The number of esters is 1. The lowest BCUT2D eigenvalue weighted by Crippen LogP contribution is -2.27. The Morgan fingerprint density at radius 2 is 2.17 bits per heavy atom. The van der Waals surface area contributed by atoms with E-state index in [0.717, 1.165) is 19.4 Å². The third-order valence-corrected chi connectivity index (χ3v) is 2.12. The minimum atomic E-state index is -0.108. The molecule has 3 heteroatoms. The Morgan fingerprint density at radius 1 is 1.50 bits per heavy atom. The van der Waals surface area contributed by atoms with Crippen molar-refractivity contribution in [2.75, 3.05) is 13.1 Å². The molecule has 0 spiro atoms. The SMILES string of the molecule is CCNCC(=O)OC1CCCC1. The van der Waals surface area contributed by atoms with Crippen molar-refractivity contribution in [1.29, 1.82) is 0 Å². The van der Waals surface area contributed by atoms with Gasteiger partial charge in [-0.2, -0.15) is 0 Å². The Morgan fingerprint density at radius 3 is 2.75 bits per heavy atom. The van der Waals surface area contributed by atoms with E-state index in [1.807, 2.05) is 6.92 Å². The van der Waals surface area contributed by atoms with Gasteiger partial charge >= 0.3 is 5.97 Å². The van der Waals surface area contributed by atoms with Crippen LogP contribution in [0.25, 0.3) is 0 Å². The molecule has 3 nitrogen and oxygen atoms in total. The Bertz CT molecular complexity index is 141.